The lowest BCUT2D eigenvalue weighted by atomic mass is 9.87. The van der Waals surface area contributed by atoms with E-state index < -0.39 is 27.4 Å². The lowest BCUT2D eigenvalue weighted by molar-refractivity contribution is -0.142. The van der Waals surface area contributed by atoms with Crippen LogP contribution in [0.1, 0.15) is 39.5 Å². The van der Waals surface area contributed by atoms with Crippen molar-refractivity contribution >= 4 is 21.5 Å². The summed E-state index contributed by atoms with van der Waals surface area (Å²) < 4.78 is 52.6. The lowest BCUT2D eigenvalue weighted by Crippen LogP contribution is -2.38. The summed E-state index contributed by atoms with van der Waals surface area (Å²) in [5, 5.41) is 8.94. The summed E-state index contributed by atoms with van der Waals surface area (Å²) in [7, 11) is -2.89. The number of carbonyl (C=O) groups is 1. The van der Waals surface area contributed by atoms with Crippen LogP contribution in [0, 0.1) is 5.92 Å². The molecule has 0 aromatic carbocycles. The summed E-state index contributed by atoms with van der Waals surface area (Å²) in [6, 6.07) is -0.147. The largest absolute Gasteiger partial charge is 0.481 e. The highest BCUT2D eigenvalue weighted by atomic mass is 32.2. The summed E-state index contributed by atoms with van der Waals surface area (Å²) in [6.45, 7) is 2.40. The highest BCUT2D eigenvalue weighted by Gasteiger charge is 2.29. The second kappa shape index (κ2) is 7.53. The van der Waals surface area contributed by atoms with E-state index in [9.17, 15) is 22.2 Å². The standard InChI is InChI=1S/C15H22F3NO3S/c1-10(15(16,17)18)4-5-11(2)23(3,22)19-13-8-6-12(7-9-13)14(20)21/h4-5,12-13H,3,6-9H2,1-2H3,(H,19,22)(H,20,21)/b10-4+,11-5+. The summed E-state index contributed by atoms with van der Waals surface area (Å²) in [4.78, 5) is 11.1. The number of allylic oxidation sites excluding steroid dienone is 4. The molecule has 0 saturated heterocycles. The van der Waals surface area contributed by atoms with Gasteiger partial charge in [0.2, 0.25) is 0 Å². The maximum atomic E-state index is 12.5. The molecule has 132 valence electrons. The highest BCUT2D eigenvalue weighted by Crippen LogP contribution is 2.26. The molecule has 1 atom stereocenters. The Morgan fingerprint density at radius 3 is 2.17 bits per heavy atom. The number of carboxylic acids is 1. The van der Waals surface area contributed by atoms with Crippen molar-refractivity contribution in [3.8, 4) is 0 Å². The topological polar surface area (TPSA) is 66.4 Å². The first kappa shape index (κ1) is 19.8. The maximum Gasteiger partial charge on any atom is 0.412 e. The molecule has 0 aromatic rings. The van der Waals surface area contributed by atoms with Gasteiger partial charge in [-0.15, -0.1) is 0 Å². The van der Waals surface area contributed by atoms with Crippen LogP contribution in [-0.2, 0) is 14.5 Å². The first-order valence-electron chi connectivity index (χ1n) is 7.23. The van der Waals surface area contributed by atoms with E-state index in [1.165, 1.54) is 6.92 Å². The molecule has 1 fully saturated rings. The number of carboxylic acid groups (broad SMARTS) is 1. The van der Waals surface area contributed by atoms with Crippen molar-refractivity contribution in [2.24, 2.45) is 5.92 Å². The molecule has 0 spiro atoms. The van der Waals surface area contributed by atoms with Crippen LogP contribution in [0.2, 0.25) is 0 Å². The fraction of sp³-hybridized carbons (Fsp3) is 0.600. The molecule has 0 amide bonds. The van der Waals surface area contributed by atoms with Crippen molar-refractivity contribution in [2.45, 2.75) is 51.7 Å². The summed E-state index contributed by atoms with van der Waals surface area (Å²) in [5.41, 5.74) is -0.783. The van der Waals surface area contributed by atoms with Gasteiger partial charge >= 0.3 is 12.1 Å². The zero-order valence-corrected chi connectivity index (χ0v) is 14.0. The molecule has 0 aromatic heterocycles. The third-order valence-electron chi connectivity index (χ3n) is 3.97. The van der Waals surface area contributed by atoms with E-state index in [1.54, 1.807) is 0 Å². The molecular weight excluding hydrogens is 331 g/mol. The van der Waals surface area contributed by atoms with Gasteiger partial charge in [0, 0.05) is 26.2 Å². The smallest absolute Gasteiger partial charge is 0.412 e. The van der Waals surface area contributed by atoms with E-state index in [0.29, 0.717) is 25.7 Å². The number of nitrogens with one attached hydrogen (secondary N) is 1. The van der Waals surface area contributed by atoms with Gasteiger partial charge in [-0.3, -0.25) is 4.79 Å². The predicted octanol–water partition coefficient (Wildman–Crippen LogP) is 3.26. The van der Waals surface area contributed by atoms with Crippen LogP contribution in [0.3, 0.4) is 0 Å². The fourth-order valence-electron chi connectivity index (χ4n) is 2.27. The first-order valence-corrected chi connectivity index (χ1v) is 8.96. The van der Waals surface area contributed by atoms with Gasteiger partial charge in [-0.05, 0) is 51.5 Å². The van der Waals surface area contributed by atoms with Crippen LogP contribution in [0.15, 0.2) is 22.6 Å². The van der Waals surface area contributed by atoms with Crippen molar-refractivity contribution in [3.63, 3.8) is 0 Å². The van der Waals surface area contributed by atoms with Crippen LogP contribution in [-0.4, -0.2) is 33.4 Å². The van der Waals surface area contributed by atoms with E-state index in [0.717, 1.165) is 19.1 Å². The van der Waals surface area contributed by atoms with Crippen molar-refractivity contribution in [2.75, 3.05) is 0 Å². The van der Waals surface area contributed by atoms with E-state index in [2.05, 4.69) is 10.6 Å². The second-order valence-corrected chi connectivity index (χ2v) is 8.03. The maximum absolute atomic E-state index is 12.5. The monoisotopic (exact) mass is 353 g/mol. The molecule has 1 aliphatic rings. The van der Waals surface area contributed by atoms with Crippen LogP contribution in [0.25, 0.3) is 0 Å². The molecule has 8 heteroatoms. The molecule has 0 heterocycles. The van der Waals surface area contributed by atoms with E-state index >= 15 is 0 Å². The molecule has 1 aliphatic carbocycles. The SMILES string of the molecule is C=S(=O)(NC1CCC(C(=O)O)CC1)/C(C)=C/C=C(\C)C(F)(F)F. The van der Waals surface area contributed by atoms with Gasteiger partial charge in [0.25, 0.3) is 0 Å². The lowest BCUT2D eigenvalue weighted by Gasteiger charge is -2.28. The van der Waals surface area contributed by atoms with E-state index in [-0.39, 0.29) is 16.9 Å². The normalized spacial score (nSPS) is 26.7. The number of rotatable bonds is 5. The summed E-state index contributed by atoms with van der Waals surface area (Å²) >= 11 is 0. The minimum Gasteiger partial charge on any atom is -0.481 e. The van der Waals surface area contributed by atoms with Crippen LogP contribution in [0.5, 0.6) is 0 Å². The van der Waals surface area contributed by atoms with Gasteiger partial charge in [-0.25, -0.2) is 8.93 Å². The summed E-state index contributed by atoms with van der Waals surface area (Å²) in [5.74, 6) is 2.36. The minimum atomic E-state index is -4.42. The van der Waals surface area contributed by atoms with Crippen LogP contribution in [0.4, 0.5) is 13.2 Å². The Morgan fingerprint density at radius 1 is 1.22 bits per heavy atom. The number of aliphatic carboxylic acids is 1. The van der Waals surface area contributed by atoms with Gasteiger partial charge in [0.1, 0.15) is 0 Å². The first-order chi connectivity index (χ1) is 10.4. The van der Waals surface area contributed by atoms with Gasteiger partial charge in [0.15, 0.2) is 0 Å². The Kier molecular flexibility index (Phi) is 6.47. The van der Waals surface area contributed by atoms with Gasteiger partial charge in [-0.2, -0.15) is 13.2 Å². The Hall–Kier alpha value is -1.28. The van der Waals surface area contributed by atoms with Gasteiger partial charge < -0.3 is 5.11 Å². The van der Waals surface area contributed by atoms with E-state index in [1.807, 2.05) is 0 Å². The zero-order valence-electron chi connectivity index (χ0n) is 13.2. The molecular formula is C15H22F3NO3S. The van der Waals surface area contributed by atoms with Crippen molar-refractivity contribution in [1.82, 2.24) is 4.72 Å². The molecule has 1 unspecified atom stereocenters. The summed E-state index contributed by atoms with van der Waals surface area (Å²) in [6.07, 6.45) is -0.308. The molecule has 0 bridgehead atoms. The number of hydrogen-bond acceptors (Lipinski definition) is 2. The number of halogens is 3. The second-order valence-electron chi connectivity index (χ2n) is 5.80. The zero-order chi connectivity index (χ0) is 17.8. The van der Waals surface area contributed by atoms with Crippen LogP contribution < -0.4 is 4.72 Å². The van der Waals surface area contributed by atoms with Crippen molar-refractivity contribution in [1.29, 1.82) is 0 Å². The Balaban J connectivity index is 2.71. The third-order valence-corrected chi connectivity index (χ3v) is 5.86. The number of alkyl halides is 3. The van der Waals surface area contributed by atoms with Gasteiger partial charge in [-0.1, -0.05) is 6.08 Å². The Bertz CT molecular complexity index is 598. The molecule has 23 heavy (non-hydrogen) atoms. The Labute approximate surface area is 134 Å². The van der Waals surface area contributed by atoms with E-state index in [4.69, 9.17) is 5.11 Å². The van der Waals surface area contributed by atoms with Crippen molar-refractivity contribution < 1.29 is 27.3 Å². The quantitative estimate of drug-likeness (QED) is 0.589. The van der Waals surface area contributed by atoms with Gasteiger partial charge in [0.05, 0.1) is 5.92 Å². The average molecular weight is 353 g/mol. The molecule has 2 N–H and O–H groups in total. The molecule has 0 aliphatic heterocycles. The minimum absolute atomic E-state index is 0.147. The molecule has 0 radical (unpaired) electrons. The molecule has 4 nitrogen and oxygen atoms in total. The van der Waals surface area contributed by atoms with Crippen LogP contribution >= 0.6 is 0 Å². The highest BCUT2D eigenvalue weighted by molar-refractivity contribution is 8.02. The molecule has 1 saturated carbocycles. The number of hydrogen-bond donors (Lipinski definition) is 2. The third kappa shape index (κ3) is 6.02. The fourth-order valence-corrected chi connectivity index (χ4v) is 3.52. The average Bonchev–Trinajstić information content (AvgIpc) is 2.43. The van der Waals surface area contributed by atoms with Crippen molar-refractivity contribution in [3.05, 3.63) is 22.6 Å². The predicted molar refractivity (Wildman–Crippen MR) is 85.3 cm³/mol. The Morgan fingerprint density at radius 2 is 1.74 bits per heavy atom. The molecule has 1 rings (SSSR count).